The number of aliphatic hydroxyl groups is 1. The maximum absolute atomic E-state index is 12.1. The molecule has 0 saturated carbocycles. The molecule has 0 aliphatic carbocycles. The Hall–Kier alpha value is -1.87. The number of amides is 1. The van der Waals surface area contributed by atoms with Crippen LogP contribution in [-0.4, -0.2) is 50.1 Å². The van der Waals surface area contributed by atoms with Gasteiger partial charge in [-0.15, -0.1) is 0 Å². The highest BCUT2D eigenvalue weighted by atomic mass is 16.6. The van der Waals surface area contributed by atoms with Crippen molar-refractivity contribution in [2.24, 2.45) is 0 Å². The van der Waals surface area contributed by atoms with Crippen LogP contribution in [0.15, 0.2) is 18.2 Å². The second kappa shape index (κ2) is 7.79. The van der Waals surface area contributed by atoms with Crippen LogP contribution in [0.3, 0.4) is 0 Å². The van der Waals surface area contributed by atoms with Crippen LogP contribution in [0.4, 0.5) is 0 Å². The van der Waals surface area contributed by atoms with Crippen molar-refractivity contribution in [3.8, 4) is 11.8 Å². The molecule has 1 aromatic carbocycles. The van der Waals surface area contributed by atoms with Gasteiger partial charge in [0.2, 0.25) is 0 Å². The zero-order chi connectivity index (χ0) is 15.1. The Bertz CT molecular complexity index is 553. The van der Waals surface area contributed by atoms with E-state index in [0.29, 0.717) is 31.9 Å². The van der Waals surface area contributed by atoms with E-state index in [2.05, 4.69) is 17.2 Å². The Morgan fingerprint density at radius 3 is 3.00 bits per heavy atom. The average molecular weight is 289 g/mol. The molecule has 0 aromatic heterocycles. The van der Waals surface area contributed by atoms with Gasteiger partial charge in [-0.05, 0) is 30.7 Å². The highest BCUT2D eigenvalue weighted by molar-refractivity contribution is 5.94. The summed E-state index contributed by atoms with van der Waals surface area (Å²) in [7, 11) is 0. The highest BCUT2D eigenvalue weighted by Crippen LogP contribution is 2.10. The molecule has 1 heterocycles. The number of aryl methyl sites for hydroxylation is 1. The number of carbonyl (C=O) groups excluding carboxylic acids is 1. The lowest BCUT2D eigenvalue weighted by Gasteiger charge is -2.23. The third-order valence-electron chi connectivity index (χ3n) is 3.17. The van der Waals surface area contributed by atoms with Crippen LogP contribution in [0.5, 0.6) is 0 Å². The molecule has 1 aliphatic rings. The monoisotopic (exact) mass is 289 g/mol. The third-order valence-corrected chi connectivity index (χ3v) is 3.17. The fourth-order valence-electron chi connectivity index (χ4n) is 2.04. The fraction of sp³-hybridized carbons (Fsp3) is 0.438. The molecule has 1 aliphatic heterocycles. The number of benzene rings is 1. The molecule has 112 valence electrons. The number of hydrogen-bond acceptors (Lipinski definition) is 4. The van der Waals surface area contributed by atoms with Crippen LogP contribution >= 0.6 is 0 Å². The first-order valence-electron chi connectivity index (χ1n) is 6.88. The standard InChI is InChI=1S/C16H19NO4/c1-12-9-14(5-4-13(12)3-2-6-18)16(19)17-10-15-11-20-7-8-21-15/h4-5,9,15,18H,6-8,10-11H2,1H3,(H,17,19). The summed E-state index contributed by atoms with van der Waals surface area (Å²) in [4.78, 5) is 12.1. The van der Waals surface area contributed by atoms with Gasteiger partial charge in [-0.3, -0.25) is 4.79 Å². The molecule has 2 N–H and O–H groups in total. The van der Waals surface area contributed by atoms with Crippen molar-refractivity contribution < 1.29 is 19.4 Å². The van der Waals surface area contributed by atoms with Crippen LogP contribution < -0.4 is 5.32 Å². The molecule has 0 radical (unpaired) electrons. The van der Waals surface area contributed by atoms with Gasteiger partial charge in [-0.2, -0.15) is 0 Å². The van der Waals surface area contributed by atoms with E-state index in [9.17, 15) is 4.79 Å². The molecule has 1 fully saturated rings. The number of nitrogens with one attached hydrogen (secondary N) is 1. The van der Waals surface area contributed by atoms with Gasteiger partial charge in [-0.25, -0.2) is 0 Å². The number of ether oxygens (including phenoxy) is 2. The third kappa shape index (κ3) is 4.57. The van der Waals surface area contributed by atoms with Crippen molar-refractivity contribution in [2.45, 2.75) is 13.0 Å². The predicted molar refractivity (Wildman–Crippen MR) is 78.0 cm³/mol. The topological polar surface area (TPSA) is 67.8 Å². The molecule has 1 aromatic rings. The summed E-state index contributed by atoms with van der Waals surface area (Å²) in [6, 6.07) is 5.30. The first-order chi connectivity index (χ1) is 10.2. The second-order valence-corrected chi connectivity index (χ2v) is 4.77. The molecule has 2 rings (SSSR count). The molecule has 1 atom stereocenters. The summed E-state index contributed by atoms with van der Waals surface area (Å²) in [5.41, 5.74) is 2.30. The molecule has 1 unspecified atom stereocenters. The minimum Gasteiger partial charge on any atom is -0.384 e. The van der Waals surface area contributed by atoms with Crippen molar-refractivity contribution in [1.29, 1.82) is 0 Å². The highest BCUT2D eigenvalue weighted by Gasteiger charge is 2.16. The van der Waals surface area contributed by atoms with Gasteiger partial charge >= 0.3 is 0 Å². The Morgan fingerprint density at radius 1 is 1.48 bits per heavy atom. The van der Waals surface area contributed by atoms with E-state index >= 15 is 0 Å². The van der Waals surface area contributed by atoms with Crippen molar-refractivity contribution >= 4 is 5.91 Å². The van der Waals surface area contributed by atoms with E-state index in [4.69, 9.17) is 14.6 Å². The molecule has 0 bridgehead atoms. The van der Waals surface area contributed by atoms with Gasteiger partial charge in [0.15, 0.2) is 0 Å². The lowest BCUT2D eigenvalue weighted by Crippen LogP contribution is -2.39. The summed E-state index contributed by atoms with van der Waals surface area (Å²) in [6.07, 6.45) is -0.0847. The molecular weight excluding hydrogens is 270 g/mol. The van der Waals surface area contributed by atoms with Gasteiger partial charge in [-0.1, -0.05) is 11.8 Å². The molecule has 1 amide bonds. The zero-order valence-electron chi connectivity index (χ0n) is 12.0. The van der Waals surface area contributed by atoms with Crippen molar-refractivity contribution in [2.75, 3.05) is 33.0 Å². The first-order valence-corrected chi connectivity index (χ1v) is 6.88. The van der Waals surface area contributed by atoms with Crippen molar-refractivity contribution in [1.82, 2.24) is 5.32 Å². The van der Waals surface area contributed by atoms with Crippen LogP contribution in [-0.2, 0) is 9.47 Å². The van der Waals surface area contributed by atoms with Gasteiger partial charge in [0.1, 0.15) is 6.61 Å². The lowest BCUT2D eigenvalue weighted by atomic mass is 10.0. The smallest absolute Gasteiger partial charge is 0.251 e. The Kier molecular flexibility index (Phi) is 5.76. The predicted octanol–water partition coefficient (Wildman–Crippen LogP) is 0.484. The zero-order valence-corrected chi connectivity index (χ0v) is 12.0. The molecule has 1 saturated heterocycles. The number of carbonyl (C=O) groups is 1. The van der Waals surface area contributed by atoms with Gasteiger partial charge < -0.3 is 19.9 Å². The minimum atomic E-state index is -0.175. The summed E-state index contributed by atoms with van der Waals surface area (Å²) >= 11 is 0. The Morgan fingerprint density at radius 2 is 2.33 bits per heavy atom. The molecule has 21 heavy (non-hydrogen) atoms. The van der Waals surface area contributed by atoms with Gasteiger partial charge in [0.05, 0.1) is 25.9 Å². The summed E-state index contributed by atoms with van der Waals surface area (Å²) < 4.78 is 10.8. The van der Waals surface area contributed by atoms with Crippen molar-refractivity contribution in [3.63, 3.8) is 0 Å². The largest absolute Gasteiger partial charge is 0.384 e. The van der Waals surface area contributed by atoms with E-state index in [1.807, 2.05) is 6.92 Å². The molecule has 5 nitrogen and oxygen atoms in total. The second-order valence-electron chi connectivity index (χ2n) is 4.77. The van der Waals surface area contributed by atoms with E-state index in [1.165, 1.54) is 0 Å². The SMILES string of the molecule is Cc1cc(C(=O)NCC2COCCO2)ccc1C#CCO. The minimum absolute atomic E-state index is 0.0847. The average Bonchev–Trinajstić information content (AvgIpc) is 2.52. The maximum atomic E-state index is 12.1. The fourth-order valence-corrected chi connectivity index (χ4v) is 2.04. The Labute approximate surface area is 124 Å². The molecule has 0 spiro atoms. The number of hydrogen-bond donors (Lipinski definition) is 2. The van der Waals surface area contributed by atoms with E-state index in [0.717, 1.165) is 11.1 Å². The summed E-state index contributed by atoms with van der Waals surface area (Å²) in [6.45, 7) is 3.83. The van der Waals surface area contributed by atoms with Crippen molar-refractivity contribution in [3.05, 3.63) is 34.9 Å². The van der Waals surface area contributed by atoms with Crippen LogP contribution in [0.25, 0.3) is 0 Å². The van der Waals surface area contributed by atoms with Crippen LogP contribution in [0.2, 0.25) is 0 Å². The molecule has 5 heteroatoms. The van der Waals surface area contributed by atoms with Crippen LogP contribution in [0, 0.1) is 18.8 Å². The first kappa shape index (κ1) is 15.5. The van der Waals surface area contributed by atoms with Gasteiger partial charge in [0, 0.05) is 17.7 Å². The summed E-state index contributed by atoms with van der Waals surface area (Å²) in [5.74, 6) is 5.30. The van der Waals surface area contributed by atoms with Crippen LogP contribution in [0.1, 0.15) is 21.5 Å². The lowest BCUT2D eigenvalue weighted by molar-refractivity contribution is -0.0855. The number of aliphatic hydroxyl groups excluding tert-OH is 1. The quantitative estimate of drug-likeness (QED) is 0.795. The van der Waals surface area contributed by atoms with E-state index < -0.39 is 0 Å². The maximum Gasteiger partial charge on any atom is 0.251 e. The summed E-state index contributed by atoms with van der Waals surface area (Å²) in [5, 5.41) is 11.5. The Balaban J connectivity index is 1.94. The van der Waals surface area contributed by atoms with Gasteiger partial charge in [0.25, 0.3) is 5.91 Å². The van der Waals surface area contributed by atoms with E-state index in [1.54, 1.807) is 18.2 Å². The normalized spacial score (nSPS) is 17.7. The number of rotatable bonds is 3. The van der Waals surface area contributed by atoms with E-state index in [-0.39, 0.29) is 18.6 Å². The molecular formula is C16H19NO4.